The van der Waals surface area contributed by atoms with E-state index in [1.54, 1.807) is 19.1 Å². The molecule has 0 aromatic heterocycles. The summed E-state index contributed by atoms with van der Waals surface area (Å²) in [4.78, 5) is 39.6. The fourth-order valence-corrected chi connectivity index (χ4v) is 4.66. The molecule has 2 rings (SSSR count). The fraction of sp³-hybridized carbons (Fsp3) is 0.400. The number of hydrogen-bond donors (Lipinski definition) is 1. The number of Topliss-reactive ketones (excluding diaryl/α,β-unsaturated/α-hetero) is 1. The lowest BCUT2D eigenvalue weighted by molar-refractivity contribution is -0.139. The molecular weight excluding hydrogens is 534 g/mol. The highest BCUT2D eigenvalue weighted by atomic mass is 79.9. The van der Waals surface area contributed by atoms with Crippen molar-refractivity contribution in [3.05, 3.63) is 64.1 Å². The average Bonchev–Trinajstić information content (AvgIpc) is 2.79. The van der Waals surface area contributed by atoms with Gasteiger partial charge in [0.15, 0.2) is 5.78 Å². The molecule has 0 aliphatic carbocycles. The van der Waals surface area contributed by atoms with Crippen LogP contribution < -0.4 is 9.62 Å². The third-order valence-electron chi connectivity index (χ3n) is 5.63. The van der Waals surface area contributed by atoms with E-state index in [1.807, 2.05) is 38.1 Å². The SMILES string of the molecule is CC[C@@H](C)NC(=O)[C@@H](C)N(Cc1cccc(Br)c1)C(=O)CN(c1cccc(C(C)=O)c1)S(C)(=O)=O. The summed E-state index contributed by atoms with van der Waals surface area (Å²) in [6.45, 7) is 6.41. The minimum atomic E-state index is -3.87. The summed E-state index contributed by atoms with van der Waals surface area (Å²) in [7, 11) is -3.87. The maximum absolute atomic E-state index is 13.5. The quantitative estimate of drug-likeness (QED) is 0.418. The van der Waals surface area contributed by atoms with Crippen molar-refractivity contribution in [1.82, 2.24) is 10.2 Å². The molecule has 1 N–H and O–H groups in total. The molecule has 2 aromatic rings. The number of rotatable bonds is 11. The van der Waals surface area contributed by atoms with Gasteiger partial charge in [0, 0.05) is 22.6 Å². The molecule has 190 valence electrons. The molecule has 0 saturated heterocycles. The highest BCUT2D eigenvalue weighted by molar-refractivity contribution is 9.10. The van der Waals surface area contributed by atoms with Crippen LogP contribution in [0.2, 0.25) is 0 Å². The average molecular weight is 567 g/mol. The van der Waals surface area contributed by atoms with Gasteiger partial charge in [0.2, 0.25) is 21.8 Å². The number of benzene rings is 2. The number of ketones is 1. The Kier molecular flexibility index (Phi) is 10.0. The van der Waals surface area contributed by atoms with E-state index in [0.717, 1.165) is 27.0 Å². The van der Waals surface area contributed by atoms with Crippen LogP contribution in [0.1, 0.15) is 50.0 Å². The second-order valence-corrected chi connectivity index (χ2v) is 11.3. The summed E-state index contributed by atoms with van der Waals surface area (Å²) in [5.74, 6) is -1.10. The standard InChI is InChI=1S/C25H32BrN3O5S/c1-6-17(2)27-25(32)18(3)28(15-20-9-7-11-22(26)13-20)24(31)16-29(35(5,33)34)23-12-8-10-21(14-23)19(4)30/h7-14,17-18H,6,15-16H2,1-5H3,(H,27,32)/t17-,18-/m1/s1. The molecule has 35 heavy (non-hydrogen) atoms. The van der Waals surface area contributed by atoms with Crippen LogP contribution in [0.4, 0.5) is 5.69 Å². The summed E-state index contributed by atoms with van der Waals surface area (Å²) >= 11 is 3.41. The highest BCUT2D eigenvalue weighted by Crippen LogP contribution is 2.21. The minimum absolute atomic E-state index is 0.0744. The molecule has 8 nitrogen and oxygen atoms in total. The Morgan fingerprint density at radius 3 is 2.29 bits per heavy atom. The molecule has 0 spiro atoms. The molecule has 0 saturated carbocycles. The van der Waals surface area contributed by atoms with E-state index >= 15 is 0 Å². The van der Waals surface area contributed by atoms with E-state index in [-0.39, 0.29) is 30.0 Å². The van der Waals surface area contributed by atoms with Crippen molar-refractivity contribution in [2.24, 2.45) is 0 Å². The summed E-state index contributed by atoms with van der Waals surface area (Å²) < 4.78 is 27.1. The second-order valence-electron chi connectivity index (χ2n) is 8.52. The number of anilines is 1. The lowest BCUT2D eigenvalue weighted by atomic mass is 10.1. The van der Waals surface area contributed by atoms with Gasteiger partial charge in [-0.3, -0.25) is 18.7 Å². The molecule has 2 amide bonds. The van der Waals surface area contributed by atoms with E-state index in [0.29, 0.717) is 5.56 Å². The molecular formula is C25H32BrN3O5S. The van der Waals surface area contributed by atoms with Crippen LogP contribution in [0.15, 0.2) is 53.0 Å². The molecule has 2 aromatic carbocycles. The van der Waals surface area contributed by atoms with Gasteiger partial charge >= 0.3 is 0 Å². The van der Waals surface area contributed by atoms with Crippen molar-refractivity contribution in [3.8, 4) is 0 Å². The molecule has 0 heterocycles. The van der Waals surface area contributed by atoms with Gasteiger partial charge in [-0.15, -0.1) is 0 Å². The van der Waals surface area contributed by atoms with Gasteiger partial charge in [0.1, 0.15) is 12.6 Å². The first-order valence-electron chi connectivity index (χ1n) is 11.3. The summed E-state index contributed by atoms with van der Waals surface area (Å²) in [6.07, 6.45) is 1.73. The first-order valence-corrected chi connectivity index (χ1v) is 13.9. The lowest BCUT2D eigenvalue weighted by Crippen LogP contribution is -2.52. The Labute approximate surface area is 215 Å². The molecule has 2 atom stereocenters. The summed E-state index contributed by atoms with van der Waals surface area (Å²) in [5, 5.41) is 2.89. The van der Waals surface area contributed by atoms with Crippen molar-refractivity contribution in [1.29, 1.82) is 0 Å². The van der Waals surface area contributed by atoms with E-state index in [9.17, 15) is 22.8 Å². The zero-order valence-corrected chi connectivity index (χ0v) is 23.0. The number of hydrogen-bond acceptors (Lipinski definition) is 5. The Morgan fingerprint density at radius 1 is 1.06 bits per heavy atom. The summed E-state index contributed by atoms with van der Waals surface area (Å²) in [5.41, 5.74) is 1.31. The molecule has 0 unspecified atom stereocenters. The van der Waals surface area contributed by atoms with Gasteiger partial charge in [0.25, 0.3) is 0 Å². The third-order valence-corrected chi connectivity index (χ3v) is 7.26. The molecule has 0 aliphatic heterocycles. The second kappa shape index (κ2) is 12.3. The minimum Gasteiger partial charge on any atom is -0.352 e. The maximum atomic E-state index is 13.5. The molecule has 10 heteroatoms. The number of carbonyl (C=O) groups is 3. The van der Waals surface area contributed by atoms with Crippen LogP contribution in [-0.4, -0.2) is 55.8 Å². The van der Waals surface area contributed by atoms with Crippen LogP contribution in [0.3, 0.4) is 0 Å². The van der Waals surface area contributed by atoms with Gasteiger partial charge < -0.3 is 10.2 Å². The molecule has 0 radical (unpaired) electrons. The van der Waals surface area contributed by atoms with Gasteiger partial charge in [-0.2, -0.15) is 0 Å². The van der Waals surface area contributed by atoms with Crippen molar-refractivity contribution < 1.29 is 22.8 Å². The zero-order chi connectivity index (χ0) is 26.3. The van der Waals surface area contributed by atoms with Crippen molar-refractivity contribution in [3.63, 3.8) is 0 Å². The Morgan fingerprint density at radius 2 is 1.71 bits per heavy atom. The lowest BCUT2D eigenvalue weighted by Gasteiger charge is -2.32. The number of halogens is 1. The topological polar surface area (TPSA) is 104 Å². The van der Waals surface area contributed by atoms with Crippen LogP contribution in [0.5, 0.6) is 0 Å². The van der Waals surface area contributed by atoms with Gasteiger partial charge in [0.05, 0.1) is 11.9 Å². The Bertz CT molecular complexity index is 1190. The van der Waals surface area contributed by atoms with E-state index in [2.05, 4.69) is 21.2 Å². The summed E-state index contributed by atoms with van der Waals surface area (Å²) in [6, 6.07) is 12.5. The number of nitrogens with one attached hydrogen (secondary N) is 1. The van der Waals surface area contributed by atoms with Crippen LogP contribution in [0.25, 0.3) is 0 Å². The van der Waals surface area contributed by atoms with E-state index in [1.165, 1.54) is 24.0 Å². The first-order chi connectivity index (χ1) is 16.3. The zero-order valence-electron chi connectivity index (χ0n) is 20.6. The van der Waals surface area contributed by atoms with Gasteiger partial charge in [-0.1, -0.05) is 47.1 Å². The molecule has 0 fully saturated rings. The van der Waals surface area contributed by atoms with Gasteiger partial charge in [-0.05, 0) is 57.0 Å². The van der Waals surface area contributed by atoms with Crippen LogP contribution >= 0.6 is 15.9 Å². The number of sulfonamides is 1. The highest BCUT2D eigenvalue weighted by Gasteiger charge is 2.30. The molecule has 0 aliphatic rings. The Hall–Kier alpha value is -2.72. The van der Waals surface area contributed by atoms with Crippen molar-refractivity contribution in [2.75, 3.05) is 17.1 Å². The predicted molar refractivity (Wildman–Crippen MR) is 141 cm³/mol. The largest absolute Gasteiger partial charge is 0.352 e. The van der Waals surface area contributed by atoms with E-state index < -0.39 is 28.5 Å². The van der Waals surface area contributed by atoms with Gasteiger partial charge in [-0.25, -0.2) is 8.42 Å². The van der Waals surface area contributed by atoms with E-state index in [4.69, 9.17) is 0 Å². The monoisotopic (exact) mass is 565 g/mol. The van der Waals surface area contributed by atoms with Crippen molar-refractivity contribution in [2.45, 2.75) is 52.7 Å². The van der Waals surface area contributed by atoms with Crippen LogP contribution in [0, 0.1) is 0 Å². The fourth-order valence-electron chi connectivity index (χ4n) is 3.37. The Balaban J connectivity index is 2.43. The van der Waals surface area contributed by atoms with Crippen molar-refractivity contribution >= 4 is 49.2 Å². The number of nitrogens with zero attached hydrogens (tertiary/aromatic N) is 2. The maximum Gasteiger partial charge on any atom is 0.244 e. The predicted octanol–water partition coefficient (Wildman–Crippen LogP) is 3.75. The number of carbonyl (C=O) groups excluding carboxylic acids is 3. The smallest absolute Gasteiger partial charge is 0.244 e. The first kappa shape index (κ1) is 28.5. The molecule has 0 bridgehead atoms. The normalized spacial score (nSPS) is 13.0. The third kappa shape index (κ3) is 8.17. The van der Waals surface area contributed by atoms with Crippen LogP contribution in [-0.2, 0) is 26.2 Å². The number of amides is 2.